The minimum atomic E-state index is -0.118. The van der Waals surface area contributed by atoms with Gasteiger partial charge in [0.1, 0.15) is 5.82 Å². The molecule has 1 N–H and O–H groups in total. The molecule has 5 nitrogen and oxygen atoms in total. The van der Waals surface area contributed by atoms with Gasteiger partial charge in [0.2, 0.25) is 0 Å². The number of hydrogen-bond acceptors (Lipinski definition) is 4. The van der Waals surface area contributed by atoms with E-state index in [0.717, 1.165) is 44.1 Å². The van der Waals surface area contributed by atoms with E-state index in [0.29, 0.717) is 11.3 Å². The van der Waals surface area contributed by atoms with Crippen LogP contribution >= 0.6 is 0 Å². The molecule has 2 heterocycles. The molecule has 1 saturated heterocycles. The van der Waals surface area contributed by atoms with E-state index in [-0.39, 0.29) is 5.91 Å². The van der Waals surface area contributed by atoms with Gasteiger partial charge < -0.3 is 15.0 Å². The monoisotopic (exact) mass is 373 g/mol. The molecule has 0 unspecified atom stereocenters. The van der Waals surface area contributed by atoms with E-state index < -0.39 is 0 Å². The van der Waals surface area contributed by atoms with E-state index in [2.05, 4.69) is 27.3 Å². The van der Waals surface area contributed by atoms with Crippen LogP contribution in [0.25, 0.3) is 0 Å². The molecule has 0 saturated carbocycles. The number of nitrogens with one attached hydrogen (secondary N) is 1. The van der Waals surface area contributed by atoms with Gasteiger partial charge in [-0.3, -0.25) is 4.79 Å². The molecule has 0 atom stereocenters. The predicted molar refractivity (Wildman–Crippen MR) is 111 cm³/mol. The maximum atomic E-state index is 12.8. The normalized spacial score (nSPS) is 13.9. The van der Waals surface area contributed by atoms with Crippen molar-refractivity contribution in [2.24, 2.45) is 0 Å². The van der Waals surface area contributed by atoms with E-state index in [1.807, 2.05) is 54.6 Å². The Morgan fingerprint density at radius 3 is 2.46 bits per heavy atom. The van der Waals surface area contributed by atoms with Crippen LogP contribution in [-0.4, -0.2) is 37.2 Å². The number of hydrogen-bond donors (Lipinski definition) is 1. The summed E-state index contributed by atoms with van der Waals surface area (Å²) in [6.45, 7) is 3.12. The maximum Gasteiger partial charge on any atom is 0.255 e. The second-order valence-electron chi connectivity index (χ2n) is 6.78. The maximum absolute atomic E-state index is 12.8. The molecule has 2 aromatic carbocycles. The fourth-order valence-electron chi connectivity index (χ4n) is 3.35. The first-order chi connectivity index (χ1) is 13.8. The highest BCUT2D eigenvalue weighted by molar-refractivity contribution is 6.05. The van der Waals surface area contributed by atoms with Crippen molar-refractivity contribution in [1.29, 1.82) is 0 Å². The minimum Gasteiger partial charge on any atom is -0.378 e. The summed E-state index contributed by atoms with van der Waals surface area (Å²) in [7, 11) is 0. The first-order valence-electron chi connectivity index (χ1n) is 9.51. The first kappa shape index (κ1) is 18.2. The molecule has 0 radical (unpaired) electrons. The number of nitrogens with zero attached hydrogens (tertiary/aromatic N) is 2. The van der Waals surface area contributed by atoms with Gasteiger partial charge in [0, 0.05) is 18.7 Å². The van der Waals surface area contributed by atoms with Gasteiger partial charge >= 0.3 is 0 Å². The topological polar surface area (TPSA) is 54.5 Å². The lowest BCUT2D eigenvalue weighted by Gasteiger charge is -2.27. The summed E-state index contributed by atoms with van der Waals surface area (Å²) in [6, 6.07) is 21.7. The van der Waals surface area contributed by atoms with Crippen LogP contribution in [0, 0.1) is 0 Å². The minimum absolute atomic E-state index is 0.118. The fraction of sp³-hybridized carbons (Fsp3) is 0.217. The lowest BCUT2D eigenvalue weighted by Crippen LogP contribution is -2.36. The third-order valence-electron chi connectivity index (χ3n) is 4.84. The highest BCUT2D eigenvalue weighted by Crippen LogP contribution is 2.19. The van der Waals surface area contributed by atoms with Crippen LogP contribution in [0.15, 0.2) is 72.9 Å². The van der Waals surface area contributed by atoms with Crippen molar-refractivity contribution < 1.29 is 9.53 Å². The molecule has 1 aliphatic rings. The van der Waals surface area contributed by atoms with Crippen LogP contribution in [-0.2, 0) is 11.2 Å². The Morgan fingerprint density at radius 1 is 0.964 bits per heavy atom. The Labute approximate surface area is 165 Å². The number of carbonyl (C=O) groups excluding carboxylic acids is 1. The van der Waals surface area contributed by atoms with Gasteiger partial charge in [-0.15, -0.1) is 0 Å². The van der Waals surface area contributed by atoms with Gasteiger partial charge in [0.15, 0.2) is 0 Å². The fourth-order valence-corrected chi connectivity index (χ4v) is 3.35. The average molecular weight is 373 g/mol. The van der Waals surface area contributed by atoms with Crippen molar-refractivity contribution in [2.75, 3.05) is 36.5 Å². The highest BCUT2D eigenvalue weighted by Gasteiger charge is 2.14. The molecule has 1 aliphatic heterocycles. The Morgan fingerprint density at radius 2 is 1.71 bits per heavy atom. The number of ether oxygens (including phenoxy) is 1. The standard InChI is InChI=1S/C23H23N3O2/c27-23(21-9-5-4-8-19(21)16-18-6-2-1-3-7-18)25-20-10-11-22(24-17-20)26-12-14-28-15-13-26/h1-11,17H,12-16H2,(H,25,27). The molecule has 142 valence electrons. The smallest absolute Gasteiger partial charge is 0.255 e. The molecule has 0 bridgehead atoms. The van der Waals surface area contributed by atoms with E-state index in [4.69, 9.17) is 4.74 Å². The summed E-state index contributed by atoms with van der Waals surface area (Å²) in [5.74, 6) is 0.790. The quantitative estimate of drug-likeness (QED) is 0.740. The molecule has 1 aromatic heterocycles. The Bertz CT molecular complexity index is 920. The molecular weight excluding hydrogens is 350 g/mol. The molecule has 1 fully saturated rings. The number of carbonyl (C=O) groups is 1. The molecule has 4 rings (SSSR count). The highest BCUT2D eigenvalue weighted by atomic mass is 16.5. The van der Waals surface area contributed by atoms with E-state index in [9.17, 15) is 4.79 Å². The Hall–Kier alpha value is -3.18. The predicted octanol–water partition coefficient (Wildman–Crippen LogP) is 3.76. The lowest BCUT2D eigenvalue weighted by molar-refractivity contribution is 0.102. The van der Waals surface area contributed by atoms with Crippen LogP contribution in [0.4, 0.5) is 11.5 Å². The second-order valence-corrected chi connectivity index (χ2v) is 6.78. The van der Waals surface area contributed by atoms with E-state index in [1.54, 1.807) is 6.20 Å². The SMILES string of the molecule is O=C(Nc1ccc(N2CCOCC2)nc1)c1ccccc1Cc1ccccc1. The molecular formula is C23H23N3O2. The van der Waals surface area contributed by atoms with Gasteiger partial charge in [0.25, 0.3) is 5.91 Å². The molecule has 0 spiro atoms. The third-order valence-corrected chi connectivity index (χ3v) is 4.84. The van der Waals surface area contributed by atoms with Crippen LogP contribution < -0.4 is 10.2 Å². The number of amides is 1. The van der Waals surface area contributed by atoms with E-state index in [1.165, 1.54) is 5.56 Å². The largest absolute Gasteiger partial charge is 0.378 e. The van der Waals surface area contributed by atoms with Crippen LogP contribution in [0.5, 0.6) is 0 Å². The number of morpholine rings is 1. The van der Waals surface area contributed by atoms with Crippen molar-refractivity contribution in [3.63, 3.8) is 0 Å². The Balaban J connectivity index is 1.46. The first-order valence-corrected chi connectivity index (χ1v) is 9.51. The van der Waals surface area contributed by atoms with Gasteiger partial charge in [-0.2, -0.15) is 0 Å². The zero-order chi connectivity index (χ0) is 19.2. The number of anilines is 2. The van der Waals surface area contributed by atoms with Crippen molar-refractivity contribution in [3.8, 4) is 0 Å². The molecule has 0 aliphatic carbocycles. The second kappa shape index (κ2) is 8.67. The summed E-state index contributed by atoms with van der Waals surface area (Å²) in [4.78, 5) is 19.5. The number of pyridine rings is 1. The molecule has 3 aromatic rings. The number of aromatic nitrogens is 1. The van der Waals surface area contributed by atoms with E-state index >= 15 is 0 Å². The summed E-state index contributed by atoms with van der Waals surface area (Å²) < 4.78 is 5.37. The van der Waals surface area contributed by atoms with Gasteiger partial charge in [-0.25, -0.2) is 4.98 Å². The zero-order valence-corrected chi connectivity index (χ0v) is 15.7. The van der Waals surface area contributed by atoms with Crippen LogP contribution in [0.1, 0.15) is 21.5 Å². The zero-order valence-electron chi connectivity index (χ0n) is 15.7. The summed E-state index contributed by atoms with van der Waals surface area (Å²) >= 11 is 0. The van der Waals surface area contributed by atoms with Gasteiger partial charge in [0.05, 0.1) is 25.1 Å². The van der Waals surface area contributed by atoms with Crippen molar-refractivity contribution in [2.45, 2.75) is 6.42 Å². The van der Waals surface area contributed by atoms with Crippen molar-refractivity contribution >= 4 is 17.4 Å². The molecule has 1 amide bonds. The summed E-state index contributed by atoms with van der Waals surface area (Å²) in [6.07, 6.45) is 2.43. The van der Waals surface area contributed by atoms with Gasteiger partial charge in [-0.1, -0.05) is 48.5 Å². The number of benzene rings is 2. The molecule has 28 heavy (non-hydrogen) atoms. The number of rotatable bonds is 5. The van der Waals surface area contributed by atoms with Crippen molar-refractivity contribution in [3.05, 3.63) is 89.6 Å². The van der Waals surface area contributed by atoms with Gasteiger partial charge in [-0.05, 0) is 35.7 Å². The van der Waals surface area contributed by atoms with Crippen LogP contribution in [0.2, 0.25) is 0 Å². The average Bonchev–Trinajstić information content (AvgIpc) is 2.76. The summed E-state index contributed by atoms with van der Waals surface area (Å²) in [5.41, 5.74) is 3.56. The van der Waals surface area contributed by atoms with Crippen molar-refractivity contribution in [1.82, 2.24) is 4.98 Å². The lowest BCUT2D eigenvalue weighted by atomic mass is 9.99. The summed E-state index contributed by atoms with van der Waals surface area (Å²) in [5, 5.41) is 2.97. The third kappa shape index (κ3) is 4.38. The van der Waals surface area contributed by atoms with Crippen LogP contribution in [0.3, 0.4) is 0 Å². The molecule has 5 heteroatoms. The Kier molecular flexibility index (Phi) is 5.64.